The Morgan fingerprint density at radius 2 is 2.43 bits per heavy atom. The van der Waals surface area contributed by atoms with E-state index in [1.165, 1.54) is 0 Å². The molecule has 0 saturated heterocycles. The van der Waals surface area contributed by atoms with Crippen LogP contribution >= 0.6 is 15.9 Å². The molecule has 1 aromatic heterocycles. The van der Waals surface area contributed by atoms with Crippen LogP contribution in [0.5, 0.6) is 5.75 Å². The maximum atomic E-state index is 5.56. The molecular weight excluding hydrogens is 244 g/mol. The number of aromatic nitrogens is 1. The monoisotopic (exact) mass is 254 g/mol. The molecule has 0 saturated carbocycles. The molecule has 0 radical (unpaired) electrons. The van der Waals surface area contributed by atoms with Crippen LogP contribution in [-0.4, -0.2) is 17.4 Å². The molecule has 0 atom stereocenters. The third-order valence-electron chi connectivity index (χ3n) is 1.55. The van der Waals surface area contributed by atoms with Crippen LogP contribution < -0.4 is 10.5 Å². The van der Waals surface area contributed by atoms with Crippen LogP contribution in [0, 0.1) is 11.8 Å². The molecule has 3 nitrogen and oxygen atoms in total. The number of pyridine rings is 1. The first kappa shape index (κ1) is 10.9. The topological polar surface area (TPSA) is 48.1 Å². The highest BCUT2D eigenvalue weighted by Crippen LogP contribution is 2.18. The van der Waals surface area contributed by atoms with Crippen molar-refractivity contribution >= 4 is 21.7 Å². The first-order valence-corrected chi connectivity index (χ1v) is 5.24. The summed E-state index contributed by atoms with van der Waals surface area (Å²) in [6.45, 7) is 0. The summed E-state index contributed by atoms with van der Waals surface area (Å²) < 4.78 is 5.03. The van der Waals surface area contributed by atoms with Gasteiger partial charge in [-0.2, -0.15) is 0 Å². The maximum absolute atomic E-state index is 5.56. The second-order valence-corrected chi connectivity index (χ2v) is 3.35. The van der Waals surface area contributed by atoms with Crippen LogP contribution in [0.2, 0.25) is 0 Å². The normalized spacial score (nSPS) is 9.00. The minimum Gasteiger partial charge on any atom is -0.493 e. The van der Waals surface area contributed by atoms with Gasteiger partial charge in [0.1, 0.15) is 0 Å². The van der Waals surface area contributed by atoms with Gasteiger partial charge in [-0.15, -0.1) is 0 Å². The lowest BCUT2D eigenvalue weighted by molar-refractivity contribution is 0.415. The lowest BCUT2D eigenvalue weighted by Gasteiger charge is -2.02. The SMILES string of the molecule is COc1cc(C#CCCBr)cnc1N. The zero-order valence-corrected chi connectivity index (χ0v) is 9.47. The van der Waals surface area contributed by atoms with Crippen LogP contribution in [0.15, 0.2) is 12.3 Å². The highest BCUT2D eigenvalue weighted by atomic mass is 79.9. The van der Waals surface area contributed by atoms with Crippen LogP contribution in [0.25, 0.3) is 0 Å². The van der Waals surface area contributed by atoms with Crippen molar-refractivity contribution in [2.45, 2.75) is 6.42 Å². The summed E-state index contributed by atoms with van der Waals surface area (Å²) in [6.07, 6.45) is 2.45. The van der Waals surface area contributed by atoms with Crippen molar-refractivity contribution in [2.24, 2.45) is 0 Å². The Kier molecular flexibility index (Phi) is 4.27. The fraction of sp³-hybridized carbons (Fsp3) is 0.300. The third-order valence-corrected chi connectivity index (χ3v) is 1.95. The van der Waals surface area contributed by atoms with E-state index in [9.17, 15) is 0 Å². The number of hydrogen-bond acceptors (Lipinski definition) is 3. The fourth-order valence-corrected chi connectivity index (χ4v) is 1.10. The smallest absolute Gasteiger partial charge is 0.166 e. The van der Waals surface area contributed by atoms with Gasteiger partial charge in [-0.1, -0.05) is 27.8 Å². The number of nitrogens with two attached hydrogens (primary N) is 1. The number of rotatable bonds is 2. The van der Waals surface area contributed by atoms with E-state index in [1.807, 2.05) is 0 Å². The van der Waals surface area contributed by atoms with E-state index in [0.717, 1.165) is 17.3 Å². The number of nitrogens with zero attached hydrogens (tertiary/aromatic N) is 1. The molecule has 1 aromatic rings. The molecule has 74 valence electrons. The molecule has 0 aliphatic heterocycles. The molecule has 2 N–H and O–H groups in total. The number of methoxy groups -OCH3 is 1. The Morgan fingerprint density at radius 1 is 1.64 bits per heavy atom. The zero-order chi connectivity index (χ0) is 10.4. The Labute approximate surface area is 91.8 Å². The van der Waals surface area contributed by atoms with Gasteiger partial charge in [-0.05, 0) is 0 Å². The molecule has 0 unspecified atom stereocenters. The predicted molar refractivity (Wildman–Crippen MR) is 60.5 cm³/mol. The van der Waals surface area contributed by atoms with Crippen molar-refractivity contribution in [3.05, 3.63) is 17.8 Å². The number of ether oxygens (including phenoxy) is 1. The largest absolute Gasteiger partial charge is 0.493 e. The molecule has 0 bridgehead atoms. The van der Waals surface area contributed by atoms with Gasteiger partial charge in [0.2, 0.25) is 0 Å². The predicted octanol–water partition coefficient (Wildman–Crippen LogP) is 1.81. The standard InChI is InChI=1S/C10H11BrN2O/c1-14-9-6-8(4-2-3-5-11)7-13-10(9)12/h6-7H,3,5H2,1H3,(H2,12,13). The Bertz CT molecular complexity index is 368. The third kappa shape index (κ3) is 2.93. The second kappa shape index (κ2) is 5.51. The van der Waals surface area contributed by atoms with Crippen molar-refractivity contribution in [1.29, 1.82) is 0 Å². The van der Waals surface area contributed by atoms with E-state index >= 15 is 0 Å². The van der Waals surface area contributed by atoms with E-state index in [2.05, 4.69) is 32.8 Å². The minimum atomic E-state index is 0.388. The molecule has 4 heteroatoms. The molecule has 1 rings (SSSR count). The molecule has 0 fully saturated rings. The summed E-state index contributed by atoms with van der Waals surface area (Å²) in [5.41, 5.74) is 6.38. The van der Waals surface area contributed by atoms with Gasteiger partial charge in [0.15, 0.2) is 11.6 Å². The van der Waals surface area contributed by atoms with Gasteiger partial charge in [0, 0.05) is 29.6 Å². The Balaban J connectivity index is 2.86. The van der Waals surface area contributed by atoms with E-state index in [-0.39, 0.29) is 0 Å². The van der Waals surface area contributed by atoms with Gasteiger partial charge >= 0.3 is 0 Å². The average Bonchev–Trinajstić information content (AvgIpc) is 2.21. The summed E-state index contributed by atoms with van der Waals surface area (Å²) >= 11 is 3.30. The second-order valence-electron chi connectivity index (χ2n) is 2.55. The summed E-state index contributed by atoms with van der Waals surface area (Å²) in [4.78, 5) is 3.97. The average molecular weight is 255 g/mol. The van der Waals surface area contributed by atoms with Crippen LogP contribution in [0.3, 0.4) is 0 Å². The highest BCUT2D eigenvalue weighted by molar-refractivity contribution is 9.09. The van der Waals surface area contributed by atoms with Crippen molar-refractivity contribution in [3.8, 4) is 17.6 Å². The van der Waals surface area contributed by atoms with Crippen LogP contribution in [0.1, 0.15) is 12.0 Å². The lowest BCUT2D eigenvalue weighted by atomic mass is 10.2. The van der Waals surface area contributed by atoms with Crippen molar-refractivity contribution in [1.82, 2.24) is 4.98 Å². The number of nitrogen functional groups attached to an aromatic ring is 1. The first-order chi connectivity index (χ1) is 6.77. The van der Waals surface area contributed by atoms with Gasteiger partial charge < -0.3 is 10.5 Å². The summed E-state index contributed by atoms with van der Waals surface area (Å²) in [6, 6.07) is 1.78. The maximum Gasteiger partial charge on any atom is 0.166 e. The number of alkyl halides is 1. The molecule has 0 spiro atoms. The first-order valence-electron chi connectivity index (χ1n) is 4.12. The minimum absolute atomic E-state index is 0.388. The fourth-order valence-electron chi connectivity index (χ4n) is 0.899. The van der Waals surface area contributed by atoms with Crippen molar-refractivity contribution < 1.29 is 4.74 Å². The molecule has 1 heterocycles. The zero-order valence-electron chi connectivity index (χ0n) is 7.88. The molecule has 0 aliphatic rings. The van der Waals surface area contributed by atoms with E-state index in [1.54, 1.807) is 19.4 Å². The van der Waals surface area contributed by atoms with Gasteiger partial charge in [-0.25, -0.2) is 4.98 Å². The van der Waals surface area contributed by atoms with Crippen molar-refractivity contribution in [2.75, 3.05) is 18.2 Å². The molecule has 14 heavy (non-hydrogen) atoms. The summed E-state index contributed by atoms with van der Waals surface area (Å²) in [5.74, 6) is 6.91. The molecule has 0 aromatic carbocycles. The quantitative estimate of drug-likeness (QED) is 0.647. The highest BCUT2D eigenvalue weighted by Gasteiger charge is 1.99. The van der Waals surface area contributed by atoms with Crippen LogP contribution in [0.4, 0.5) is 5.82 Å². The summed E-state index contributed by atoms with van der Waals surface area (Å²) in [5, 5.41) is 0.875. The van der Waals surface area contributed by atoms with E-state index in [4.69, 9.17) is 10.5 Å². The van der Waals surface area contributed by atoms with Gasteiger partial charge in [0.05, 0.1) is 7.11 Å². The lowest BCUT2D eigenvalue weighted by Crippen LogP contribution is -1.95. The Hall–Kier alpha value is -1.21. The van der Waals surface area contributed by atoms with Crippen LogP contribution in [-0.2, 0) is 0 Å². The molecule has 0 amide bonds. The number of anilines is 1. The van der Waals surface area contributed by atoms with Crippen molar-refractivity contribution in [3.63, 3.8) is 0 Å². The van der Waals surface area contributed by atoms with E-state index < -0.39 is 0 Å². The van der Waals surface area contributed by atoms with Gasteiger partial charge in [-0.3, -0.25) is 0 Å². The van der Waals surface area contributed by atoms with E-state index in [0.29, 0.717) is 11.6 Å². The molecular formula is C10H11BrN2O. The number of halogens is 1. The number of hydrogen-bond donors (Lipinski definition) is 1. The summed E-state index contributed by atoms with van der Waals surface area (Å²) in [7, 11) is 1.56. The Morgan fingerprint density at radius 3 is 3.07 bits per heavy atom. The molecule has 0 aliphatic carbocycles. The van der Waals surface area contributed by atoms with Gasteiger partial charge in [0.25, 0.3) is 0 Å².